The van der Waals surface area contributed by atoms with Crippen LogP contribution >= 0.6 is 23.4 Å². The highest BCUT2D eigenvalue weighted by Gasteiger charge is 2.19. The van der Waals surface area contributed by atoms with Gasteiger partial charge in [0.25, 0.3) is 0 Å². The minimum atomic E-state index is -0.296. The molecule has 0 radical (unpaired) electrons. The van der Waals surface area contributed by atoms with Gasteiger partial charge in [0.15, 0.2) is 5.16 Å². The molecule has 0 aliphatic heterocycles. The number of nitrogens with zero attached hydrogens (tertiary/aromatic N) is 3. The van der Waals surface area contributed by atoms with E-state index >= 15 is 0 Å². The van der Waals surface area contributed by atoms with Gasteiger partial charge in [0.05, 0.1) is 16.3 Å². The summed E-state index contributed by atoms with van der Waals surface area (Å²) in [6, 6.07) is 15.3. The van der Waals surface area contributed by atoms with Gasteiger partial charge in [-0.05, 0) is 36.8 Å². The molecule has 0 bridgehead atoms. The first-order chi connectivity index (χ1) is 12.6. The zero-order valence-electron chi connectivity index (χ0n) is 13.9. The molecule has 1 atom stereocenters. The number of carbonyl (C=O) groups excluding carboxylic acids is 1. The average molecular weight is 386 g/mol. The van der Waals surface area contributed by atoms with Gasteiger partial charge in [-0.25, -0.2) is 10.1 Å². The van der Waals surface area contributed by atoms with E-state index in [1.807, 2.05) is 59.9 Å². The average Bonchev–Trinajstić information content (AvgIpc) is 3.20. The molecule has 2 N–H and O–H groups in total. The van der Waals surface area contributed by atoms with Crippen molar-refractivity contribution in [3.63, 3.8) is 0 Å². The molecule has 0 saturated heterocycles. The Morgan fingerprint density at radius 2 is 2.04 bits per heavy atom. The van der Waals surface area contributed by atoms with Crippen LogP contribution in [0.3, 0.4) is 0 Å². The number of carbonyl (C=O) groups is 1. The number of para-hydroxylation sites is 2. The van der Waals surface area contributed by atoms with Gasteiger partial charge in [-0.15, -0.1) is 5.10 Å². The summed E-state index contributed by atoms with van der Waals surface area (Å²) in [6.45, 7) is 2.33. The van der Waals surface area contributed by atoms with E-state index in [1.165, 1.54) is 11.8 Å². The number of nitrogens with one attached hydrogen (secondary N) is 2. The van der Waals surface area contributed by atoms with Crippen molar-refractivity contribution in [1.82, 2.24) is 24.9 Å². The maximum Gasteiger partial charge on any atom is 0.233 e. The van der Waals surface area contributed by atoms with Crippen molar-refractivity contribution in [1.29, 1.82) is 0 Å². The molecular weight excluding hydrogens is 370 g/mol. The topological polar surface area (TPSA) is 75.1 Å². The first kappa shape index (κ1) is 16.9. The number of aromatic nitrogens is 4. The fourth-order valence-corrected chi connectivity index (χ4v) is 3.69. The normalized spacial score (nSPS) is 12.5. The van der Waals surface area contributed by atoms with Crippen molar-refractivity contribution in [2.75, 3.05) is 0 Å². The number of halogens is 1. The minimum absolute atomic E-state index is 0.0504. The van der Waals surface area contributed by atoms with Crippen LogP contribution < -0.4 is 5.32 Å². The lowest BCUT2D eigenvalue weighted by molar-refractivity contribution is -0.120. The highest BCUT2D eigenvalue weighted by molar-refractivity contribution is 8.00. The van der Waals surface area contributed by atoms with E-state index in [1.54, 1.807) is 0 Å². The molecule has 132 valence electrons. The summed E-state index contributed by atoms with van der Waals surface area (Å²) in [6.07, 6.45) is 0. The van der Waals surface area contributed by atoms with Crippen LogP contribution in [0.15, 0.2) is 53.7 Å². The van der Waals surface area contributed by atoms with Gasteiger partial charge < -0.3 is 5.32 Å². The quantitative estimate of drug-likeness (QED) is 0.514. The number of benzene rings is 2. The highest BCUT2D eigenvalue weighted by atomic mass is 35.5. The van der Waals surface area contributed by atoms with E-state index in [9.17, 15) is 4.79 Å². The van der Waals surface area contributed by atoms with Crippen LogP contribution in [-0.4, -0.2) is 30.7 Å². The van der Waals surface area contributed by atoms with Crippen LogP contribution in [-0.2, 0) is 11.3 Å². The minimum Gasteiger partial charge on any atom is -0.351 e. The molecular formula is C18H16ClN5OS. The summed E-state index contributed by atoms with van der Waals surface area (Å²) >= 11 is 7.27. The van der Waals surface area contributed by atoms with Crippen molar-refractivity contribution in [2.24, 2.45) is 0 Å². The maximum atomic E-state index is 12.4. The molecule has 26 heavy (non-hydrogen) atoms. The number of hydrogen-bond acceptors (Lipinski definition) is 4. The Balaban J connectivity index is 1.47. The van der Waals surface area contributed by atoms with Crippen LogP contribution in [0.2, 0.25) is 5.02 Å². The molecule has 0 aliphatic rings. The summed E-state index contributed by atoms with van der Waals surface area (Å²) in [7, 11) is 0. The summed E-state index contributed by atoms with van der Waals surface area (Å²) in [5.74, 6) is 0.619. The Bertz CT molecular complexity index is 1070. The molecule has 0 saturated carbocycles. The number of aromatic amines is 1. The van der Waals surface area contributed by atoms with Gasteiger partial charge in [-0.2, -0.15) is 0 Å². The molecule has 1 unspecified atom stereocenters. The highest BCUT2D eigenvalue weighted by Crippen LogP contribution is 2.26. The smallest absolute Gasteiger partial charge is 0.233 e. The van der Waals surface area contributed by atoms with E-state index in [0.29, 0.717) is 22.5 Å². The fraction of sp³-hybridized carbons (Fsp3) is 0.167. The second-order valence-corrected chi connectivity index (χ2v) is 7.61. The zero-order valence-corrected chi connectivity index (χ0v) is 15.5. The number of hydrogen-bond donors (Lipinski definition) is 2. The SMILES string of the molecule is CC(Sc1n[nH]c2nc3ccccc3n12)C(=O)NCc1ccc(Cl)cc1. The van der Waals surface area contributed by atoms with E-state index in [-0.39, 0.29) is 11.2 Å². The molecule has 4 rings (SSSR count). The van der Waals surface area contributed by atoms with Crippen molar-refractivity contribution >= 4 is 46.1 Å². The molecule has 4 aromatic rings. The van der Waals surface area contributed by atoms with E-state index in [2.05, 4.69) is 20.5 Å². The lowest BCUT2D eigenvalue weighted by Gasteiger charge is -2.11. The standard InChI is InChI=1S/C18H16ClN5OS/c1-11(16(25)20-10-12-6-8-13(19)9-7-12)26-18-23-22-17-21-14-4-2-3-5-15(14)24(17)18/h2-9,11H,10H2,1H3,(H,20,25)(H,21,22). The molecule has 2 heterocycles. The number of amides is 1. The molecule has 6 nitrogen and oxygen atoms in total. The number of thioether (sulfide) groups is 1. The van der Waals surface area contributed by atoms with Crippen molar-refractivity contribution in [3.05, 3.63) is 59.1 Å². The Hall–Kier alpha value is -2.51. The second kappa shape index (κ2) is 7.01. The van der Waals surface area contributed by atoms with Crippen LogP contribution in [0.5, 0.6) is 0 Å². The summed E-state index contributed by atoms with van der Waals surface area (Å²) in [4.78, 5) is 16.9. The van der Waals surface area contributed by atoms with Crippen LogP contribution in [0, 0.1) is 0 Å². The lowest BCUT2D eigenvalue weighted by Crippen LogP contribution is -2.30. The third-order valence-electron chi connectivity index (χ3n) is 4.04. The van der Waals surface area contributed by atoms with E-state index in [4.69, 9.17) is 11.6 Å². The van der Waals surface area contributed by atoms with Crippen LogP contribution in [0.25, 0.3) is 16.8 Å². The molecule has 1 amide bonds. The van der Waals surface area contributed by atoms with Gasteiger partial charge in [0.2, 0.25) is 11.7 Å². The Morgan fingerprint density at radius 1 is 1.27 bits per heavy atom. The fourth-order valence-electron chi connectivity index (χ4n) is 2.67. The molecule has 0 fully saturated rings. The first-order valence-electron chi connectivity index (χ1n) is 8.12. The summed E-state index contributed by atoms with van der Waals surface area (Å²) in [5, 5.41) is 11.3. The number of imidazole rings is 1. The first-order valence-corrected chi connectivity index (χ1v) is 9.38. The number of rotatable bonds is 5. The van der Waals surface area contributed by atoms with Crippen molar-refractivity contribution in [2.45, 2.75) is 23.9 Å². The van der Waals surface area contributed by atoms with E-state index in [0.717, 1.165) is 16.6 Å². The summed E-state index contributed by atoms with van der Waals surface area (Å²) in [5.41, 5.74) is 2.86. The molecule has 2 aromatic carbocycles. The third-order valence-corrected chi connectivity index (χ3v) is 5.34. The summed E-state index contributed by atoms with van der Waals surface area (Å²) < 4.78 is 1.93. The lowest BCUT2D eigenvalue weighted by atomic mass is 10.2. The van der Waals surface area contributed by atoms with Gasteiger partial charge >= 0.3 is 0 Å². The predicted molar refractivity (Wildman–Crippen MR) is 103 cm³/mol. The van der Waals surface area contributed by atoms with Crippen molar-refractivity contribution in [3.8, 4) is 0 Å². The zero-order chi connectivity index (χ0) is 18.1. The molecule has 2 aromatic heterocycles. The molecule has 8 heteroatoms. The van der Waals surface area contributed by atoms with Gasteiger partial charge in [-0.1, -0.05) is 47.6 Å². The largest absolute Gasteiger partial charge is 0.351 e. The molecule has 0 aliphatic carbocycles. The Labute approximate surface area is 159 Å². The van der Waals surface area contributed by atoms with Crippen LogP contribution in [0.1, 0.15) is 12.5 Å². The maximum absolute atomic E-state index is 12.4. The predicted octanol–water partition coefficient (Wildman–Crippen LogP) is 3.66. The van der Waals surface area contributed by atoms with E-state index < -0.39 is 0 Å². The van der Waals surface area contributed by atoms with Gasteiger partial charge in [0.1, 0.15) is 0 Å². The second-order valence-electron chi connectivity index (χ2n) is 5.87. The third kappa shape index (κ3) is 3.27. The Kier molecular flexibility index (Phi) is 4.57. The van der Waals surface area contributed by atoms with Crippen LogP contribution in [0.4, 0.5) is 0 Å². The Morgan fingerprint density at radius 3 is 2.85 bits per heavy atom. The van der Waals surface area contributed by atoms with Gasteiger partial charge in [-0.3, -0.25) is 9.20 Å². The monoisotopic (exact) mass is 385 g/mol. The molecule has 0 spiro atoms. The number of fused-ring (bicyclic) bond motifs is 3. The van der Waals surface area contributed by atoms with Gasteiger partial charge in [0, 0.05) is 11.6 Å². The van der Waals surface area contributed by atoms with Crippen molar-refractivity contribution < 1.29 is 4.79 Å². The number of H-pyrrole nitrogens is 1.